The molecule has 0 amide bonds. The van der Waals surface area contributed by atoms with Crippen molar-refractivity contribution in [2.75, 3.05) is 0 Å². The third-order valence-corrected chi connectivity index (χ3v) is 5.57. The number of carbonyl (C=O) groups is 1. The summed E-state index contributed by atoms with van der Waals surface area (Å²) in [5.41, 5.74) is 4.52. The number of benzene rings is 3. The lowest BCUT2D eigenvalue weighted by Gasteiger charge is -2.22. The molecule has 0 bridgehead atoms. The molecule has 3 aromatic rings. The summed E-state index contributed by atoms with van der Waals surface area (Å²) in [7, 11) is 0. The van der Waals surface area contributed by atoms with E-state index in [9.17, 15) is 4.79 Å². The Morgan fingerprint density at radius 3 is 2.66 bits per heavy atom. The van der Waals surface area contributed by atoms with Gasteiger partial charge in [0.1, 0.15) is 30.0 Å². The van der Waals surface area contributed by atoms with Gasteiger partial charge in [-0.2, -0.15) is 0 Å². The highest BCUT2D eigenvalue weighted by Gasteiger charge is 2.29. The molecule has 4 nitrogen and oxygen atoms in total. The van der Waals surface area contributed by atoms with Gasteiger partial charge in [0, 0.05) is 11.6 Å². The summed E-state index contributed by atoms with van der Waals surface area (Å²) in [5, 5.41) is 0. The van der Waals surface area contributed by atoms with Crippen LogP contribution >= 0.6 is 0 Å². The van der Waals surface area contributed by atoms with Crippen LogP contribution in [0.2, 0.25) is 0 Å². The van der Waals surface area contributed by atoms with Crippen LogP contribution in [0.15, 0.2) is 90.7 Å². The summed E-state index contributed by atoms with van der Waals surface area (Å²) >= 11 is 0. The monoisotopic (exact) mass is 422 g/mol. The van der Waals surface area contributed by atoms with E-state index in [1.54, 1.807) is 30.4 Å². The number of ether oxygens (including phenoxy) is 3. The molecule has 4 heteroatoms. The van der Waals surface area contributed by atoms with Gasteiger partial charge in [0.25, 0.3) is 0 Å². The fraction of sp³-hybridized carbons (Fsp3) is 0.107. The second-order valence-electron chi connectivity index (χ2n) is 7.77. The van der Waals surface area contributed by atoms with E-state index in [2.05, 4.69) is 6.58 Å². The molecule has 5 rings (SSSR count). The van der Waals surface area contributed by atoms with Crippen molar-refractivity contribution in [2.24, 2.45) is 0 Å². The Morgan fingerprint density at radius 2 is 1.84 bits per heavy atom. The predicted molar refractivity (Wildman–Crippen MR) is 125 cm³/mol. The number of fused-ring (bicyclic) bond motifs is 2. The number of hydrogen-bond donors (Lipinski definition) is 0. The molecule has 1 atom stereocenters. The van der Waals surface area contributed by atoms with Crippen molar-refractivity contribution in [2.45, 2.75) is 19.6 Å². The van der Waals surface area contributed by atoms with Crippen LogP contribution in [0, 0.1) is 0 Å². The molecule has 0 fully saturated rings. The SMILES string of the molecule is C=Cc1ccc(COc2ccc3c(c2)OC(=CC2=Cc4ccccc4O[C@@H]2C)C3=O)cc1. The van der Waals surface area contributed by atoms with Crippen LogP contribution in [-0.2, 0) is 6.61 Å². The van der Waals surface area contributed by atoms with Gasteiger partial charge < -0.3 is 14.2 Å². The maximum absolute atomic E-state index is 12.9. The fourth-order valence-electron chi connectivity index (χ4n) is 3.75. The molecule has 2 aliphatic rings. The van der Waals surface area contributed by atoms with Crippen LogP contribution in [-0.4, -0.2) is 11.9 Å². The van der Waals surface area contributed by atoms with E-state index in [0.717, 1.165) is 28.0 Å². The van der Waals surface area contributed by atoms with Gasteiger partial charge in [-0.25, -0.2) is 0 Å². The maximum atomic E-state index is 12.9. The number of allylic oxidation sites excluding steroid dienone is 1. The van der Waals surface area contributed by atoms with Gasteiger partial charge in [-0.15, -0.1) is 0 Å². The summed E-state index contributed by atoms with van der Waals surface area (Å²) < 4.78 is 17.8. The third-order valence-electron chi connectivity index (χ3n) is 5.57. The number of hydrogen-bond acceptors (Lipinski definition) is 4. The van der Waals surface area contributed by atoms with Gasteiger partial charge in [0.05, 0.1) is 5.56 Å². The summed E-state index contributed by atoms with van der Waals surface area (Å²) in [5.74, 6) is 2.14. The fourth-order valence-corrected chi connectivity index (χ4v) is 3.75. The molecule has 0 spiro atoms. The Labute approximate surface area is 187 Å². The highest BCUT2D eigenvalue weighted by molar-refractivity contribution is 6.12. The smallest absolute Gasteiger partial charge is 0.231 e. The predicted octanol–water partition coefficient (Wildman–Crippen LogP) is 6.23. The molecule has 0 aliphatic carbocycles. The Kier molecular flexibility index (Phi) is 5.12. The van der Waals surface area contributed by atoms with E-state index in [4.69, 9.17) is 14.2 Å². The average molecular weight is 422 g/mol. The topological polar surface area (TPSA) is 44.8 Å². The van der Waals surface area contributed by atoms with Crippen molar-refractivity contribution in [3.05, 3.63) is 113 Å². The second kappa shape index (κ2) is 8.23. The van der Waals surface area contributed by atoms with Crippen molar-refractivity contribution in [3.8, 4) is 17.2 Å². The molecule has 3 aromatic carbocycles. The van der Waals surface area contributed by atoms with Crippen molar-refractivity contribution >= 4 is 17.9 Å². The van der Waals surface area contributed by atoms with E-state index >= 15 is 0 Å². The summed E-state index contributed by atoms with van der Waals surface area (Å²) in [6.07, 6.45) is 5.43. The lowest BCUT2D eigenvalue weighted by molar-refractivity contribution is 0.101. The van der Waals surface area contributed by atoms with Crippen molar-refractivity contribution in [1.29, 1.82) is 0 Å². The molecular formula is C28H22O4. The number of rotatable bonds is 5. The minimum Gasteiger partial charge on any atom is -0.489 e. The second-order valence-corrected chi connectivity index (χ2v) is 7.77. The zero-order valence-corrected chi connectivity index (χ0v) is 17.7. The highest BCUT2D eigenvalue weighted by Crippen LogP contribution is 2.36. The first-order valence-electron chi connectivity index (χ1n) is 10.5. The van der Waals surface area contributed by atoms with Crippen LogP contribution < -0.4 is 14.2 Å². The van der Waals surface area contributed by atoms with E-state index in [1.165, 1.54) is 0 Å². The molecule has 0 saturated carbocycles. The average Bonchev–Trinajstić information content (AvgIpc) is 3.13. The number of para-hydroxylation sites is 1. The van der Waals surface area contributed by atoms with Crippen molar-refractivity contribution < 1.29 is 19.0 Å². The minimum atomic E-state index is -0.177. The minimum absolute atomic E-state index is 0.140. The van der Waals surface area contributed by atoms with Crippen LogP contribution in [0.1, 0.15) is 34.0 Å². The molecule has 0 radical (unpaired) electrons. The summed E-state index contributed by atoms with van der Waals surface area (Å²) in [6, 6.07) is 21.1. The van der Waals surface area contributed by atoms with E-state index in [1.807, 2.05) is 61.5 Å². The quantitative estimate of drug-likeness (QED) is 0.457. The van der Waals surface area contributed by atoms with Crippen molar-refractivity contribution in [3.63, 3.8) is 0 Å². The Hall–Kier alpha value is -4.05. The van der Waals surface area contributed by atoms with Crippen molar-refractivity contribution in [1.82, 2.24) is 0 Å². The third kappa shape index (κ3) is 3.83. The van der Waals surface area contributed by atoms with E-state index in [-0.39, 0.29) is 11.9 Å². The van der Waals surface area contributed by atoms with Crippen LogP contribution in [0.3, 0.4) is 0 Å². The number of Topliss-reactive ketones (excluding diaryl/α,β-unsaturated/α-hetero) is 1. The molecule has 2 heterocycles. The number of carbonyl (C=O) groups excluding carboxylic acids is 1. The first kappa shape index (κ1) is 19.9. The Morgan fingerprint density at radius 1 is 1.03 bits per heavy atom. The molecule has 2 aliphatic heterocycles. The van der Waals surface area contributed by atoms with Gasteiger partial charge >= 0.3 is 0 Å². The summed E-state index contributed by atoms with van der Waals surface area (Å²) in [6.45, 7) is 6.14. The van der Waals surface area contributed by atoms with Crippen LogP contribution in [0.25, 0.3) is 12.2 Å². The highest BCUT2D eigenvalue weighted by atomic mass is 16.5. The Balaban J connectivity index is 1.33. The molecule has 0 N–H and O–H groups in total. The molecule has 0 saturated heterocycles. The zero-order chi connectivity index (χ0) is 22.1. The van der Waals surface area contributed by atoms with Crippen LogP contribution in [0.5, 0.6) is 17.2 Å². The lowest BCUT2D eigenvalue weighted by atomic mass is 10.0. The van der Waals surface area contributed by atoms with Crippen LogP contribution in [0.4, 0.5) is 0 Å². The number of ketones is 1. The Bertz CT molecular complexity index is 1260. The molecule has 0 unspecified atom stereocenters. The van der Waals surface area contributed by atoms with Gasteiger partial charge in [-0.1, -0.05) is 55.1 Å². The molecular weight excluding hydrogens is 400 g/mol. The standard InChI is InChI=1S/C28H22O4/c1-3-19-8-10-20(11-9-19)17-30-23-12-13-24-26(16-23)32-27(28(24)29)15-22-14-21-6-4-5-7-25(21)31-18(22)2/h3-16,18H,1,17H2,2H3/t18-/m1/s1. The van der Waals surface area contributed by atoms with Gasteiger partial charge in [-0.05, 0) is 54.0 Å². The first-order chi connectivity index (χ1) is 15.6. The van der Waals surface area contributed by atoms with E-state index in [0.29, 0.717) is 29.4 Å². The largest absolute Gasteiger partial charge is 0.489 e. The maximum Gasteiger partial charge on any atom is 0.231 e. The normalized spacial score (nSPS) is 17.7. The van der Waals surface area contributed by atoms with Gasteiger partial charge in [0.2, 0.25) is 5.78 Å². The first-order valence-corrected chi connectivity index (χ1v) is 10.5. The molecule has 32 heavy (non-hydrogen) atoms. The molecule has 158 valence electrons. The van der Waals surface area contributed by atoms with E-state index < -0.39 is 0 Å². The molecule has 0 aromatic heterocycles. The summed E-state index contributed by atoms with van der Waals surface area (Å²) in [4.78, 5) is 12.9. The zero-order valence-electron chi connectivity index (χ0n) is 17.7. The van der Waals surface area contributed by atoms with Gasteiger partial charge in [0.15, 0.2) is 5.76 Å². The lowest BCUT2D eigenvalue weighted by Crippen LogP contribution is -2.18. The van der Waals surface area contributed by atoms with Gasteiger partial charge in [-0.3, -0.25) is 4.79 Å².